The van der Waals surface area contributed by atoms with Gasteiger partial charge in [-0.2, -0.15) is 5.10 Å². The van der Waals surface area contributed by atoms with Gasteiger partial charge >= 0.3 is 7.12 Å². The van der Waals surface area contributed by atoms with Crippen LogP contribution >= 0.6 is 0 Å². The van der Waals surface area contributed by atoms with Crippen LogP contribution in [0, 0.1) is 0 Å². The molecule has 2 heterocycles. The van der Waals surface area contributed by atoms with Crippen LogP contribution < -0.4 is 5.46 Å². The number of nitrogens with zero attached hydrogens (tertiary/aromatic N) is 2. The zero-order chi connectivity index (χ0) is 9.97. The van der Waals surface area contributed by atoms with E-state index in [1.165, 1.54) is 6.20 Å². The predicted octanol–water partition coefficient (Wildman–Crippen LogP) is -0.738. The SMILES string of the molecule is OB(O)c1cnn(C2CCCCO2)c1. The molecule has 1 fully saturated rings. The van der Waals surface area contributed by atoms with Gasteiger partial charge in [0.15, 0.2) is 0 Å². The minimum absolute atomic E-state index is 0.0451. The fourth-order valence-corrected chi connectivity index (χ4v) is 1.58. The zero-order valence-electron chi connectivity index (χ0n) is 7.83. The molecule has 0 spiro atoms. The van der Waals surface area contributed by atoms with E-state index in [-0.39, 0.29) is 6.23 Å². The lowest BCUT2D eigenvalue weighted by atomic mass is 9.83. The molecule has 6 heteroatoms. The van der Waals surface area contributed by atoms with E-state index in [2.05, 4.69) is 5.10 Å². The summed E-state index contributed by atoms with van der Waals surface area (Å²) in [5, 5.41) is 21.8. The molecule has 0 bridgehead atoms. The fourth-order valence-electron chi connectivity index (χ4n) is 1.58. The summed E-state index contributed by atoms with van der Waals surface area (Å²) in [4.78, 5) is 0. The Balaban J connectivity index is 2.07. The second kappa shape index (κ2) is 4.12. The lowest BCUT2D eigenvalue weighted by Crippen LogP contribution is -2.29. The Morgan fingerprint density at radius 3 is 2.93 bits per heavy atom. The zero-order valence-corrected chi connectivity index (χ0v) is 7.83. The molecule has 76 valence electrons. The molecular formula is C8H13BN2O3. The first kappa shape index (κ1) is 9.70. The van der Waals surface area contributed by atoms with Gasteiger partial charge in [-0.3, -0.25) is 0 Å². The van der Waals surface area contributed by atoms with Gasteiger partial charge in [-0.15, -0.1) is 0 Å². The van der Waals surface area contributed by atoms with Gasteiger partial charge in [0.25, 0.3) is 0 Å². The molecule has 1 aliphatic rings. The second-order valence-corrected chi connectivity index (χ2v) is 3.45. The largest absolute Gasteiger partial charge is 0.491 e. The van der Waals surface area contributed by atoms with E-state index in [1.54, 1.807) is 10.9 Å². The highest BCUT2D eigenvalue weighted by Crippen LogP contribution is 2.20. The van der Waals surface area contributed by atoms with Crippen LogP contribution in [-0.2, 0) is 4.74 Å². The van der Waals surface area contributed by atoms with Gasteiger partial charge in [0.2, 0.25) is 0 Å². The van der Waals surface area contributed by atoms with E-state index in [0.29, 0.717) is 5.46 Å². The molecule has 1 atom stereocenters. The minimum Gasteiger partial charge on any atom is -0.423 e. The Morgan fingerprint density at radius 1 is 1.50 bits per heavy atom. The Labute approximate surface area is 82.5 Å². The molecule has 2 rings (SSSR count). The van der Waals surface area contributed by atoms with Gasteiger partial charge in [0.05, 0.1) is 0 Å². The van der Waals surface area contributed by atoms with Crippen LogP contribution in [0.15, 0.2) is 12.4 Å². The molecule has 1 aromatic heterocycles. The van der Waals surface area contributed by atoms with Crippen molar-refractivity contribution < 1.29 is 14.8 Å². The summed E-state index contributed by atoms with van der Waals surface area (Å²) in [6.07, 6.45) is 6.16. The molecule has 0 amide bonds. The van der Waals surface area contributed by atoms with Gasteiger partial charge < -0.3 is 14.8 Å². The topological polar surface area (TPSA) is 67.5 Å². The van der Waals surface area contributed by atoms with E-state index in [0.717, 1.165) is 25.9 Å². The summed E-state index contributed by atoms with van der Waals surface area (Å²) in [6.45, 7) is 0.752. The van der Waals surface area contributed by atoms with Crippen molar-refractivity contribution in [1.82, 2.24) is 9.78 Å². The Hall–Kier alpha value is -0.845. The minimum atomic E-state index is -1.45. The maximum atomic E-state index is 8.90. The first-order valence-electron chi connectivity index (χ1n) is 4.79. The van der Waals surface area contributed by atoms with E-state index >= 15 is 0 Å². The highest BCUT2D eigenvalue weighted by molar-refractivity contribution is 6.58. The molecule has 1 unspecified atom stereocenters. The third-order valence-corrected chi connectivity index (χ3v) is 2.37. The van der Waals surface area contributed by atoms with Crippen molar-refractivity contribution >= 4 is 12.6 Å². The van der Waals surface area contributed by atoms with Crippen molar-refractivity contribution in [1.29, 1.82) is 0 Å². The van der Waals surface area contributed by atoms with Crippen LogP contribution in [0.4, 0.5) is 0 Å². The van der Waals surface area contributed by atoms with Gasteiger partial charge in [-0.25, -0.2) is 4.68 Å². The van der Waals surface area contributed by atoms with Gasteiger partial charge in [0.1, 0.15) is 6.23 Å². The Kier molecular flexibility index (Phi) is 2.86. The quantitative estimate of drug-likeness (QED) is 0.611. The number of hydrogen-bond donors (Lipinski definition) is 2. The molecular weight excluding hydrogens is 183 g/mol. The number of ether oxygens (including phenoxy) is 1. The average Bonchev–Trinajstić information content (AvgIpc) is 2.68. The third kappa shape index (κ3) is 1.97. The maximum absolute atomic E-state index is 8.90. The highest BCUT2D eigenvalue weighted by Gasteiger charge is 2.19. The monoisotopic (exact) mass is 196 g/mol. The van der Waals surface area contributed by atoms with Crippen LogP contribution in [0.2, 0.25) is 0 Å². The lowest BCUT2D eigenvalue weighted by Gasteiger charge is -2.22. The predicted molar refractivity (Wildman–Crippen MR) is 50.9 cm³/mol. The van der Waals surface area contributed by atoms with Crippen molar-refractivity contribution in [2.75, 3.05) is 6.61 Å². The third-order valence-electron chi connectivity index (χ3n) is 2.37. The summed E-state index contributed by atoms with van der Waals surface area (Å²) in [5.74, 6) is 0. The summed E-state index contributed by atoms with van der Waals surface area (Å²) in [5.41, 5.74) is 0.402. The van der Waals surface area contributed by atoms with Crippen LogP contribution in [0.5, 0.6) is 0 Å². The van der Waals surface area contributed by atoms with Crippen LogP contribution in [-0.4, -0.2) is 33.6 Å². The molecule has 2 N–H and O–H groups in total. The molecule has 0 aromatic carbocycles. The van der Waals surface area contributed by atoms with Crippen molar-refractivity contribution in [3.05, 3.63) is 12.4 Å². The number of hydrogen-bond acceptors (Lipinski definition) is 4. The molecule has 0 saturated carbocycles. The summed E-state index contributed by atoms with van der Waals surface area (Å²) < 4.78 is 7.14. The average molecular weight is 196 g/mol. The lowest BCUT2D eigenvalue weighted by molar-refractivity contribution is -0.0394. The Bertz CT molecular complexity index is 297. The van der Waals surface area contributed by atoms with Crippen molar-refractivity contribution in [3.63, 3.8) is 0 Å². The first-order chi connectivity index (χ1) is 6.77. The maximum Gasteiger partial charge on any atom is 0.491 e. The molecule has 1 saturated heterocycles. The first-order valence-corrected chi connectivity index (χ1v) is 4.79. The van der Waals surface area contributed by atoms with Gasteiger partial charge in [-0.1, -0.05) is 0 Å². The fraction of sp³-hybridized carbons (Fsp3) is 0.625. The smallest absolute Gasteiger partial charge is 0.423 e. The van der Waals surface area contributed by atoms with Crippen molar-refractivity contribution in [3.8, 4) is 0 Å². The van der Waals surface area contributed by atoms with E-state index in [4.69, 9.17) is 14.8 Å². The molecule has 14 heavy (non-hydrogen) atoms. The van der Waals surface area contributed by atoms with E-state index < -0.39 is 7.12 Å². The molecule has 0 radical (unpaired) electrons. The molecule has 1 aliphatic heterocycles. The van der Waals surface area contributed by atoms with Crippen LogP contribution in [0.1, 0.15) is 25.5 Å². The van der Waals surface area contributed by atoms with Crippen molar-refractivity contribution in [2.45, 2.75) is 25.5 Å². The molecule has 0 aliphatic carbocycles. The number of rotatable bonds is 2. The van der Waals surface area contributed by atoms with E-state index in [1.807, 2.05) is 0 Å². The molecule has 1 aromatic rings. The van der Waals surface area contributed by atoms with Crippen molar-refractivity contribution in [2.24, 2.45) is 0 Å². The molecule has 5 nitrogen and oxygen atoms in total. The Morgan fingerprint density at radius 2 is 2.36 bits per heavy atom. The normalized spacial score (nSPS) is 22.3. The standard InChI is InChI=1S/C8H13BN2O3/c12-9(13)7-5-10-11(6-7)8-3-1-2-4-14-8/h5-6,8,12-13H,1-4H2. The second-order valence-electron chi connectivity index (χ2n) is 3.45. The summed E-state index contributed by atoms with van der Waals surface area (Å²) in [6, 6.07) is 0. The van der Waals surface area contributed by atoms with E-state index in [9.17, 15) is 0 Å². The summed E-state index contributed by atoms with van der Waals surface area (Å²) >= 11 is 0. The number of aromatic nitrogens is 2. The summed E-state index contributed by atoms with van der Waals surface area (Å²) in [7, 11) is -1.45. The van der Waals surface area contributed by atoms with Crippen LogP contribution in [0.3, 0.4) is 0 Å². The van der Waals surface area contributed by atoms with Gasteiger partial charge in [-0.05, 0) is 19.3 Å². The highest BCUT2D eigenvalue weighted by atomic mass is 16.5. The van der Waals surface area contributed by atoms with Gasteiger partial charge in [0, 0.05) is 24.5 Å². The van der Waals surface area contributed by atoms with Crippen LogP contribution in [0.25, 0.3) is 0 Å².